The van der Waals surface area contributed by atoms with E-state index in [1.54, 1.807) is 11.1 Å². The number of hydrogen-bond donors (Lipinski definition) is 0. The molecule has 0 aliphatic carbocycles. The highest BCUT2D eigenvalue weighted by Gasteiger charge is 2.18. The average molecular weight is 285 g/mol. The molecule has 0 bridgehead atoms. The molecule has 2 aromatic rings. The van der Waals surface area contributed by atoms with Crippen molar-refractivity contribution in [1.82, 2.24) is 14.8 Å². The van der Waals surface area contributed by atoms with Gasteiger partial charge < -0.3 is 9.80 Å². The van der Waals surface area contributed by atoms with E-state index >= 15 is 0 Å². The second-order valence-electron chi connectivity index (χ2n) is 5.60. The molecule has 0 spiro atoms. The highest BCUT2D eigenvalue weighted by molar-refractivity contribution is 6.05. The van der Waals surface area contributed by atoms with Crippen molar-refractivity contribution < 1.29 is 4.79 Å². The number of rotatable bonds is 4. The molecular formula is C17H23N3O. The van der Waals surface area contributed by atoms with E-state index in [2.05, 4.69) is 22.9 Å². The Morgan fingerprint density at radius 3 is 2.62 bits per heavy atom. The quantitative estimate of drug-likeness (QED) is 0.866. The van der Waals surface area contributed by atoms with Crippen molar-refractivity contribution in [3.8, 4) is 0 Å². The van der Waals surface area contributed by atoms with Gasteiger partial charge in [0.2, 0.25) is 0 Å². The van der Waals surface area contributed by atoms with Crippen molar-refractivity contribution in [2.45, 2.75) is 19.9 Å². The summed E-state index contributed by atoms with van der Waals surface area (Å²) in [7, 11) is 5.90. The van der Waals surface area contributed by atoms with Gasteiger partial charge in [0.05, 0.1) is 11.1 Å². The zero-order valence-electron chi connectivity index (χ0n) is 13.4. The summed E-state index contributed by atoms with van der Waals surface area (Å²) in [6.07, 6.45) is 1.74. The summed E-state index contributed by atoms with van der Waals surface area (Å²) in [4.78, 5) is 20.9. The molecule has 0 radical (unpaired) electrons. The lowest BCUT2D eigenvalue weighted by molar-refractivity contribution is 0.0804. The van der Waals surface area contributed by atoms with Gasteiger partial charge in [0, 0.05) is 31.2 Å². The Hall–Kier alpha value is -1.94. The van der Waals surface area contributed by atoms with Crippen LogP contribution in [-0.2, 0) is 0 Å². The standard InChI is InChI=1S/C17H23N3O/c1-6-20(5)17(21)15-11-14(12(2)19(3)4)10-13-8-7-9-18-16(13)15/h7-12H,6H2,1-5H3. The lowest BCUT2D eigenvalue weighted by atomic mass is 9.99. The second kappa shape index (κ2) is 6.22. The van der Waals surface area contributed by atoms with Gasteiger partial charge in [-0.15, -0.1) is 0 Å². The highest BCUT2D eigenvalue weighted by atomic mass is 16.2. The molecule has 21 heavy (non-hydrogen) atoms. The molecule has 0 saturated heterocycles. The molecule has 0 fully saturated rings. The van der Waals surface area contributed by atoms with E-state index in [-0.39, 0.29) is 11.9 Å². The van der Waals surface area contributed by atoms with E-state index in [9.17, 15) is 4.79 Å². The zero-order chi connectivity index (χ0) is 15.6. The Kier molecular flexibility index (Phi) is 4.58. The van der Waals surface area contributed by atoms with Crippen LogP contribution in [0.5, 0.6) is 0 Å². The van der Waals surface area contributed by atoms with Crippen molar-refractivity contribution >= 4 is 16.8 Å². The topological polar surface area (TPSA) is 36.4 Å². The Balaban J connectivity index is 2.63. The van der Waals surface area contributed by atoms with Crippen LogP contribution in [0, 0.1) is 0 Å². The van der Waals surface area contributed by atoms with Crippen LogP contribution >= 0.6 is 0 Å². The largest absolute Gasteiger partial charge is 0.342 e. The van der Waals surface area contributed by atoms with Crippen LogP contribution in [0.4, 0.5) is 0 Å². The summed E-state index contributed by atoms with van der Waals surface area (Å²) in [6, 6.07) is 8.26. The SMILES string of the molecule is CCN(C)C(=O)c1cc(C(C)N(C)C)cc2cccnc12. The number of pyridine rings is 1. The minimum Gasteiger partial charge on any atom is -0.342 e. The Labute approximate surface area is 126 Å². The van der Waals surface area contributed by atoms with Crippen molar-refractivity contribution in [2.75, 3.05) is 27.7 Å². The smallest absolute Gasteiger partial charge is 0.255 e. The van der Waals surface area contributed by atoms with Gasteiger partial charge >= 0.3 is 0 Å². The molecule has 4 heteroatoms. The Morgan fingerprint density at radius 1 is 1.29 bits per heavy atom. The molecule has 1 aromatic heterocycles. The second-order valence-corrected chi connectivity index (χ2v) is 5.60. The number of carbonyl (C=O) groups excluding carboxylic acids is 1. The fraction of sp³-hybridized carbons (Fsp3) is 0.412. The predicted molar refractivity (Wildman–Crippen MR) is 86.5 cm³/mol. The summed E-state index contributed by atoms with van der Waals surface area (Å²) in [6.45, 7) is 4.79. The first-order valence-corrected chi connectivity index (χ1v) is 7.26. The highest BCUT2D eigenvalue weighted by Crippen LogP contribution is 2.26. The van der Waals surface area contributed by atoms with Crippen molar-refractivity contribution in [3.05, 3.63) is 41.6 Å². The molecule has 4 nitrogen and oxygen atoms in total. The van der Waals surface area contributed by atoms with Gasteiger partial charge in [-0.25, -0.2) is 0 Å². The normalized spacial score (nSPS) is 12.7. The number of amides is 1. The molecule has 0 saturated carbocycles. The maximum absolute atomic E-state index is 12.6. The predicted octanol–water partition coefficient (Wildman–Crippen LogP) is 2.95. The minimum atomic E-state index is 0.0222. The van der Waals surface area contributed by atoms with Crippen LogP contribution in [0.2, 0.25) is 0 Å². The van der Waals surface area contributed by atoms with E-state index in [1.165, 1.54) is 0 Å². The fourth-order valence-electron chi connectivity index (χ4n) is 2.27. The average Bonchev–Trinajstić information content (AvgIpc) is 2.51. The molecular weight excluding hydrogens is 262 g/mol. The Bertz CT molecular complexity index is 652. The summed E-state index contributed by atoms with van der Waals surface area (Å²) in [5.41, 5.74) is 2.59. The lowest BCUT2D eigenvalue weighted by Crippen LogP contribution is -2.27. The van der Waals surface area contributed by atoms with Crippen molar-refractivity contribution in [1.29, 1.82) is 0 Å². The fourth-order valence-corrected chi connectivity index (χ4v) is 2.27. The molecule has 1 atom stereocenters. The monoisotopic (exact) mass is 285 g/mol. The summed E-state index contributed by atoms with van der Waals surface area (Å²) >= 11 is 0. The maximum atomic E-state index is 12.6. The number of aromatic nitrogens is 1. The van der Waals surface area contributed by atoms with Crippen LogP contribution < -0.4 is 0 Å². The van der Waals surface area contributed by atoms with Crippen LogP contribution in [0.15, 0.2) is 30.5 Å². The summed E-state index contributed by atoms with van der Waals surface area (Å²) < 4.78 is 0. The third kappa shape index (κ3) is 3.05. The molecule has 112 valence electrons. The van der Waals surface area contributed by atoms with Gasteiger partial charge in [-0.05, 0) is 51.7 Å². The summed E-state index contributed by atoms with van der Waals surface area (Å²) in [5, 5.41) is 1.01. The molecule has 1 unspecified atom stereocenters. The Morgan fingerprint density at radius 2 is 2.00 bits per heavy atom. The van der Waals surface area contributed by atoms with E-state index in [0.29, 0.717) is 12.1 Å². The first kappa shape index (κ1) is 15.4. The van der Waals surface area contributed by atoms with Gasteiger partial charge in [-0.3, -0.25) is 9.78 Å². The van der Waals surface area contributed by atoms with Gasteiger partial charge in [0.25, 0.3) is 5.91 Å². The van der Waals surface area contributed by atoms with Crippen LogP contribution in [0.25, 0.3) is 10.9 Å². The first-order chi connectivity index (χ1) is 9.95. The third-order valence-electron chi connectivity index (χ3n) is 4.04. The number of carbonyl (C=O) groups is 1. The summed E-state index contributed by atoms with van der Waals surface area (Å²) in [5.74, 6) is 0.0222. The van der Waals surface area contributed by atoms with Gasteiger partial charge in [-0.2, -0.15) is 0 Å². The van der Waals surface area contributed by atoms with E-state index in [0.717, 1.165) is 16.5 Å². The molecule has 1 heterocycles. The van der Waals surface area contributed by atoms with Gasteiger partial charge in [0.15, 0.2) is 0 Å². The molecule has 0 aliphatic rings. The van der Waals surface area contributed by atoms with E-state index in [4.69, 9.17) is 0 Å². The maximum Gasteiger partial charge on any atom is 0.255 e. The van der Waals surface area contributed by atoms with Crippen molar-refractivity contribution in [2.24, 2.45) is 0 Å². The van der Waals surface area contributed by atoms with E-state index in [1.807, 2.05) is 46.3 Å². The molecule has 1 aromatic carbocycles. The van der Waals surface area contributed by atoms with Crippen LogP contribution in [0.3, 0.4) is 0 Å². The van der Waals surface area contributed by atoms with Crippen LogP contribution in [-0.4, -0.2) is 48.4 Å². The first-order valence-electron chi connectivity index (χ1n) is 7.26. The number of benzene rings is 1. The lowest BCUT2D eigenvalue weighted by Gasteiger charge is -2.22. The molecule has 2 rings (SSSR count). The molecule has 1 amide bonds. The van der Waals surface area contributed by atoms with E-state index < -0.39 is 0 Å². The van der Waals surface area contributed by atoms with Crippen molar-refractivity contribution in [3.63, 3.8) is 0 Å². The molecule has 0 aliphatic heterocycles. The molecule has 0 N–H and O–H groups in total. The minimum absolute atomic E-state index is 0.0222. The van der Waals surface area contributed by atoms with Gasteiger partial charge in [0.1, 0.15) is 0 Å². The zero-order valence-corrected chi connectivity index (χ0v) is 13.4. The van der Waals surface area contributed by atoms with Gasteiger partial charge in [-0.1, -0.05) is 6.07 Å². The number of fused-ring (bicyclic) bond motifs is 1. The number of nitrogens with zero attached hydrogens (tertiary/aromatic N) is 3. The third-order valence-corrected chi connectivity index (χ3v) is 4.04. The number of hydrogen-bond acceptors (Lipinski definition) is 3. The van der Waals surface area contributed by atoms with Crippen LogP contribution in [0.1, 0.15) is 35.8 Å².